The van der Waals surface area contributed by atoms with Crippen LogP contribution < -0.4 is 5.73 Å². The Labute approximate surface area is 104 Å². The number of benzene rings is 1. The summed E-state index contributed by atoms with van der Waals surface area (Å²) in [5.74, 6) is 1.10. The van der Waals surface area contributed by atoms with Gasteiger partial charge in [-0.15, -0.1) is 0 Å². The van der Waals surface area contributed by atoms with Gasteiger partial charge in [0.1, 0.15) is 5.84 Å². The summed E-state index contributed by atoms with van der Waals surface area (Å²) in [5, 5.41) is 7.35. The average molecular weight is 230 g/mol. The van der Waals surface area contributed by atoms with Crippen LogP contribution in [0.3, 0.4) is 0 Å². The molecule has 0 unspecified atom stereocenters. The van der Waals surface area contributed by atoms with Crippen molar-refractivity contribution in [1.82, 2.24) is 0 Å². The molecule has 0 aliphatic heterocycles. The van der Waals surface area contributed by atoms with Crippen molar-refractivity contribution in [3.63, 3.8) is 0 Å². The van der Waals surface area contributed by atoms with Crippen LogP contribution >= 0.6 is 0 Å². The summed E-state index contributed by atoms with van der Waals surface area (Å²) in [7, 11) is 0. The largest absolute Gasteiger partial charge is 0.384 e. The van der Waals surface area contributed by atoms with Gasteiger partial charge >= 0.3 is 0 Å². The van der Waals surface area contributed by atoms with E-state index in [0.29, 0.717) is 0 Å². The van der Waals surface area contributed by atoms with E-state index < -0.39 is 0 Å². The number of amidine groups is 1. The number of aryl methyl sites for hydroxylation is 1. The molecule has 1 aromatic rings. The maximum atomic E-state index is 7.35. The van der Waals surface area contributed by atoms with Crippen LogP contribution in [0, 0.1) is 11.3 Å². The van der Waals surface area contributed by atoms with Crippen molar-refractivity contribution < 1.29 is 0 Å². The first-order valence-corrected chi connectivity index (χ1v) is 6.69. The third-order valence-corrected chi connectivity index (χ3v) is 3.83. The molecule has 0 spiro atoms. The topological polar surface area (TPSA) is 49.9 Å². The lowest BCUT2D eigenvalue weighted by molar-refractivity contribution is 0.339. The summed E-state index contributed by atoms with van der Waals surface area (Å²) in [5.41, 5.74) is 7.64. The zero-order chi connectivity index (χ0) is 12.1. The Bertz CT molecular complexity index is 361. The molecule has 1 fully saturated rings. The van der Waals surface area contributed by atoms with Gasteiger partial charge in [-0.05, 0) is 24.3 Å². The first-order valence-electron chi connectivity index (χ1n) is 6.69. The van der Waals surface area contributed by atoms with Gasteiger partial charge in [-0.25, -0.2) is 0 Å². The van der Waals surface area contributed by atoms with Crippen LogP contribution in [-0.4, -0.2) is 5.84 Å². The minimum atomic E-state index is 0.156. The molecule has 0 heterocycles. The molecule has 0 saturated heterocycles. The van der Waals surface area contributed by atoms with E-state index in [-0.39, 0.29) is 5.84 Å². The van der Waals surface area contributed by atoms with Gasteiger partial charge in [0.15, 0.2) is 0 Å². The number of nitrogens with one attached hydrogen (secondary N) is 1. The highest BCUT2D eigenvalue weighted by molar-refractivity contribution is 5.94. The van der Waals surface area contributed by atoms with Crippen molar-refractivity contribution >= 4 is 5.84 Å². The second-order valence-corrected chi connectivity index (χ2v) is 5.15. The summed E-state index contributed by atoms with van der Waals surface area (Å²) in [4.78, 5) is 0. The van der Waals surface area contributed by atoms with Gasteiger partial charge < -0.3 is 5.73 Å². The monoisotopic (exact) mass is 230 g/mol. The fourth-order valence-corrected chi connectivity index (χ4v) is 2.70. The predicted octanol–water partition coefficient (Wildman–Crippen LogP) is 3.48. The van der Waals surface area contributed by atoms with Gasteiger partial charge in [0.25, 0.3) is 0 Å². The highest BCUT2D eigenvalue weighted by Crippen LogP contribution is 2.27. The molecule has 0 atom stereocenters. The molecule has 2 rings (SSSR count). The van der Waals surface area contributed by atoms with E-state index in [2.05, 4.69) is 12.1 Å². The zero-order valence-corrected chi connectivity index (χ0v) is 10.4. The molecule has 0 radical (unpaired) electrons. The first-order chi connectivity index (χ1) is 8.25. The molecular formula is C15H22N2. The van der Waals surface area contributed by atoms with Crippen LogP contribution in [0.2, 0.25) is 0 Å². The highest BCUT2D eigenvalue weighted by Gasteiger charge is 2.12. The summed E-state index contributed by atoms with van der Waals surface area (Å²) in [6.07, 6.45) is 9.62. The maximum absolute atomic E-state index is 7.35. The van der Waals surface area contributed by atoms with Crippen molar-refractivity contribution in [2.45, 2.75) is 44.9 Å². The van der Waals surface area contributed by atoms with E-state index in [1.165, 1.54) is 50.5 Å². The minimum Gasteiger partial charge on any atom is -0.384 e. The lowest BCUT2D eigenvalue weighted by Crippen LogP contribution is -2.11. The van der Waals surface area contributed by atoms with Crippen LogP contribution in [-0.2, 0) is 6.42 Å². The van der Waals surface area contributed by atoms with Gasteiger partial charge in [0, 0.05) is 5.56 Å². The second-order valence-electron chi connectivity index (χ2n) is 5.15. The normalized spacial score (nSPS) is 16.9. The summed E-state index contributed by atoms with van der Waals surface area (Å²) in [6.45, 7) is 0. The van der Waals surface area contributed by atoms with E-state index in [1.807, 2.05) is 12.1 Å². The molecule has 0 bridgehead atoms. The quantitative estimate of drug-likeness (QED) is 0.604. The molecule has 1 aromatic carbocycles. The molecule has 3 N–H and O–H groups in total. The van der Waals surface area contributed by atoms with Crippen molar-refractivity contribution in [2.75, 3.05) is 0 Å². The van der Waals surface area contributed by atoms with Gasteiger partial charge in [0.2, 0.25) is 0 Å². The molecule has 0 amide bonds. The summed E-state index contributed by atoms with van der Waals surface area (Å²) in [6, 6.07) is 8.14. The van der Waals surface area contributed by atoms with E-state index in [9.17, 15) is 0 Å². The predicted molar refractivity (Wildman–Crippen MR) is 72.4 cm³/mol. The Balaban J connectivity index is 1.84. The smallest absolute Gasteiger partial charge is 0.122 e. The molecule has 2 heteroatoms. The Hall–Kier alpha value is -1.31. The van der Waals surface area contributed by atoms with E-state index in [1.54, 1.807) is 0 Å². The molecule has 1 aliphatic rings. The van der Waals surface area contributed by atoms with E-state index >= 15 is 0 Å². The number of hydrogen-bond acceptors (Lipinski definition) is 1. The van der Waals surface area contributed by atoms with Crippen molar-refractivity contribution in [1.29, 1.82) is 5.41 Å². The Morgan fingerprint density at radius 2 is 1.76 bits per heavy atom. The zero-order valence-electron chi connectivity index (χ0n) is 10.4. The van der Waals surface area contributed by atoms with E-state index in [0.717, 1.165) is 11.5 Å². The van der Waals surface area contributed by atoms with Crippen LogP contribution in [0.15, 0.2) is 24.3 Å². The number of nitrogen functional groups attached to an aromatic ring is 1. The summed E-state index contributed by atoms with van der Waals surface area (Å²) >= 11 is 0. The van der Waals surface area contributed by atoms with Crippen LogP contribution in [0.1, 0.15) is 49.7 Å². The van der Waals surface area contributed by atoms with Gasteiger partial charge in [-0.2, -0.15) is 0 Å². The van der Waals surface area contributed by atoms with Gasteiger partial charge in [-0.3, -0.25) is 5.41 Å². The Morgan fingerprint density at radius 3 is 2.35 bits per heavy atom. The molecule has 1 aliphatic carbocycles. The number of hydrogen-bond donors (Lipinski definition) is 2. The van der Waals surface area contributed by atoms with E-state index in [4.69, 9.17) is 11.1 Å². The number of rotatable bonds is 4. The van der Waals surface area contributed by atoms with Crippen LogP contribution in [0.4, 0.5) is 0 Å². The second kappa shape index (κ2) is 5.85. The summed E-state index contributed by atoms with van der Waals surface area (Å²) < 4.78 is 0. The molecule has 17 heavy (non-hydrogen) atoms. The molecule has 92 valence electrons. The van der Waals surface area contributed by atoms with Crippen molar-refractivity contribution in [3.8, 4) is 0 Å². The standard InChI is InChI=1S/C15H22N2/c16-15(17)14-10-8-13(9-11-14)7-6-12-4-2-1-3-5-12/h8-12H,1-7H2,(H3,16,17). The Morgan fingerprint density at radius 1 is 1.12 bits per heavy atom. The van der Waals surface area contributed by atoms with Gasteiger partial charge in [0.05, 0.1) is 0 Å². The number of nitrogens with two attached hydrogens (primary N) is 1. The van der Waals surface area contributed by atoms with Gasteiger partial charge in [-0.1, -0.05) is 56.4 Å². The lowest BCUT2D eigenvalue weighted by Gasteiger charge is -2.21. The molecule has 2 nitrogen and oxygen atoms in total. The molecule has 1 saturated carbocycles. The molecule has 0 aromatic heterocycles. The third kappa shape index (κ3) is 3.58. The maximum Gasteiger partial charge on any atom is 0.122 e. The minimum absolute atomic E-state index is 0.156. The van der Waals surface area contributed by atoms with Crippen LogP contribution in [0.25, 0.3) is 0 Å². The Kier molecular flexibility index (Phi) is 4.18. The van der Waals surface area contributed by atoms with Crippen molar-refractivity contribution in [3.05, 3.63) is 35.4 Å². The molecular weight excluding hydrogens is 208 g/mol. The van der Waals surface area contributed by atoms with Crippen LogP contribution in [0.5, 0.6) is 0 Å². The third-order valence-electron chi connectivity index (χ3n) is 3.83. The lowest BCUT2D eigenvalue weighted by atomic mass is 9.85. The fraction of sp³-hybridized carbons (Fsp3) is 0.533. The first kappa shape index (κ1) is 12.2. The highest BCUT2D eigenvalue weighted by atomic mass is 14.7. The average Bonchev–Trinajstić information content (AvgIpc) is 2.38. The SMILES string of the molecule is N=C(N)c1ccc(CCC2CCCCC2)cc1. The fourth-order valence-electron chi connectivity index (χ4n) is 2.70. The van der Waals surface area contributed by atoms with Crippen molar-refractivity contribution in [2.24, 2.45) is 11.7 Å².